The van der Waals surface area contributed by atoms with Crippen molar-refractivity contribution in [1.82, 2.24) is 4.98 Å². The first-order valence-corrected chi connectivity index (χ1v) is 12.3. The van der Waals surface area contributed by atoms with Crippen LogP contribution in [-0.4, -0.2) is 38.6 Å². The van der Waals surface area contributed by atoms with E-state index in [2.05, 4.69) is 15.0 Å². The van der Waals surface area contributed by atoms with Gasteiger partial charge in [0.15, 0.2) is 15.0 Å². The third-order valence-electron chi connectivity index (χ3n) is 5.08. The van der Waals surface area contributed by atoms with Gasteiger partial charge in [-0.1, -0.05) is 55.2 Å². The number of hydrogen-bond acceptors (Lipinski definition) is 7. The van der Waals surface area contributed by atoms with E-state index < -0.39 is 15.8 Å². The van der Waals surface area contributed by atoms with Gasteiger partial charge in [-0.05, 0) is 30.0 Å². The Labute approximate surface area is 180 Å². The first-order chi connectivity index (χ1) is 14.3. The molecule has 0 spiro atoms. The number of thiazole rings is 1. The largest absolute Gasteiger partial charge is 0.465 e. The van der Waals surface area contributed by atoms with Gasteiger partial charge < -0.3 is 4.74 Å². The molecular weight excluding hydrogens is 424 g/mol. The van der Waals surface area contributed by atoms with Gasteiger partial charge in [-0.3, -0.25) is 10.1 Å². The van der Waals surface area contributed by atoms with E-state index in [4.69, 9.17) is 0 Å². The molecule has 1 aromatic carbocycles. The molecule has 7 nitrogen and oxygen atoms in total. The van der Waals surface area contributed by atoms with Gasteiger partial charge in [0.25, 0.3) is 5.91 Å². The van der Waals surface area contributed by atoms with Gasteiger partial charge in [-0.15, -0.1) is 0 Å². The molecule has 0 bridgehead atoms. The van der Waals surface area contributed by atoms with Gasteiger partial charge in [0.2, 0.25) is 0 Å². The lowest BCUT2D eigenvalue weighted by atomic mass is 9.98. The Bertz CT molecular complexity index is 1050. The Kier molecular flexibility index (Phi) is 7.04. The highest BCUT2D eigenvalue weighted by Crippen LogP contribution is 2.30. The minimum atomic E-state index is -3.32. The average Bonchev–Trinajstić information content (AvgIpc) is 3.39. The van der Waals surface area contributed by atoms with E-state index in [1.54, 1.807) is 12.1 Å². The Balaban J connectivity index is 1.84. The van der Waals surface area contributed by atoms with Gasteiger partial charge in [-0.2, -0.15) is 0 Å². The van der Waals surface area contributed by atoms with Crippen LogP contribution in [0, 0.1) is 5.92 Å². The van der Waals surface area contributed by atoms with E-state index in [-0.39, 0.29) is 10.8 Å². The van der Waals surface area contributed by atoms with Crippen molar-refractivity contribution in [1.29, 1.82) is 0 Å². The average molecular weight is 449 g/mol. The van der Waals surface area contributed by atoms with Crippen LogP contribution in [0.25, 0.3) is 5.57 Å². The van der Waals surface area contributed by atoms with Crippen LogP contribution in [0.3, 0.4) is 0 Å². The summed E-state index contributed by atoms with van der Waals surface area (Å²) in [6.07, 6.45) is 9.90. The Morgan fingerprint density at radius 1 is 1.23 bits per heavy atom. The maximum atomic E-state index is 13.0. The molecule has 1 saturated carbocycles. The second-order valence-electron chi connectivity index (χ2n) is 7.28. The number of aromatic nitrogens is 1. The highest BCUT2D eigenvalue weighted by atomic mass is 32.2. The molecular formula is C21H24N2O5S2. The molecule has 1 N–H and O–H groups in total. The van der Waals surface area contributed by atoms with Crippen molar-refractivity contribution in [2.75, 3.05) is 18.7 Å². The van der Waals surface area contributed by atoms with E-state index in [9.17, 15) is 18.0 Å². The molecule has 1 amide bonds. The minimum Gasteiger partial charge on any atom is -0.465 e. The predicted molar refractivity (Wildman–Crippen MR) is 116 cm³/mol. The van der Waals surface area contributed by atoms with Gasteiger partial charge in [0, 0.05) is 11.8 Å². The van der Waals surface area contributed by atoms with Crippen LogP contribution in [0.5, 0.6) is 0 Å². The number of rotatable bonds is 7. The zero-order valence-electron chi connectivity index (χ0n) is 16.9. The number of sulfone groups is 1. The number of esters is 1. The van der Waals surface area contributed by atoms with Crippen LogP contribution >= 0.6 is 11.3 Å². The number of ether oxygens (including phenoxy) is 1. The summed E-state index contributed by atoms with van der Waals surface area (Å²) in [5.74, 6) is -0.318. The topological polar surface area (TPSA) is 102 Å². The quantitative estimate of drug-likeness (QED) is 0.508. The van der Waals surface area contributed by atoms with Crippen LogP contribution < -0.4 is 5.32 Å². The molecule has 1 fully saturated rings. The number of anilines is 1. The van der Waals surface area contributed by atoms with E-state index in [1.165, 1.54) is 38.3 Å². The second kappa shape index (κ2) is 9.53. The normalized spacial score (nSPS) is 15.2. The van der Waals surface area contributed by atoms with Crippen LogP contribution in [-0.2, 0) is 19.4 Å². The summed E-state index contributed by atoms with van der Waals surface area (Å²) in [5.41, 5.74) is 1.08. The number of benzene rings is 1. The van der Waals surface area contributed by atoms with E-state index >= 15 is 0 Å². The summed E-state index contributed by atoms with van der Waals surface area (Å²) in [7, 11) is -2.04. The third kappa shape index (κ3) is 5.54. The smallest absolute Gasteiger partial charge is 0.349 e. The van der Waals surface area contributed by atoms with Crippen molar-refractivity contribution in [2.45, 2.75) is 37.0 Å². The van der Waals surface area contributed by atoms with Crippen molar-refractivity contribution in [3.63, 3.8) is 0 Å². The lowest BCUT2D eigenvalue weighted by Gasteiger charge is -2.11. The number of nitrogens with zero attached hydrogens (tertiary/aromatic N) is 1. The van der Waals surface area contributed by atoms with Crippen molar-refractivity contribution in [3.05, 3.63) is 47.0 Å². The number of amides is 1. The standard InChI is InChI=1S/C21H24N2O5S2/c1-28-20(25)18-13-22-21(29-18)23-19(24)17(12-7-14-5-3-4-6-14)15-8-10-16(11-9-15)30(2,26)27/h8-14H,3-7H2,1-2H3,(H,22,23,24)/b17-12+. The third-order valence-corrected chi connectivity index (χ3v) is 7.10. The highest BCUT2D eigenvalue weighted by Gasteiger charge is 2.19. The Hall–Kier alpha value is -2.52. The number of methoxy groups -OCH3 is 1. The lowest BCUT2D eigenvalue weighted by Crippen LogP contribution is -2.14. The molecule has 1 aromatic heterocycles. The molecule has 0 radical (unpaired) electrons. The number of hydrogen-bond donors (Lipinski definition) is 1. The molecule has 0 unspecified atom stereocenters. The molecule has 0 aliphatic heterocycles. The summed E-state index contributed by atoms with van der Waals surface area (Å²) in [5, 5.41) is 3.03. The molecule has 1 aliphatic rings. The molecule has 0 saturated heterocycles. The summed E-state index contributed by atoms with van der Waals surface area (Å²) < 4.78 is 28.1. The second-order valence-corrected chi connectivity index (χ2v) is 10.3. The van der Waals surface area contributed by atoms with Crippen molar-refractivity contribution >= 4 is 43.8 Å². The van der Waals surface area contributed by atoms with Crippen LogP contribution in [0.15, 0.2) is 41.4 Å². The molecule has 30 heavy (non-hydrogen) atoms. The van der Waals surface area contributed by atoms with Crippen LogP contribution in [0.2, 0.25) is 0 Å². The van der Waals surface area contributed by atoms with Crippen molar-refractivity contribution in [2.24, 2.45) is 5.92 Å². The molecule has 1 aliphatic carbocycles. The van der Waals surface area contributed by atoms with Crippen LogP contribution in [0.4, 0.5) is 5.13 Å². The predicted octanol–water partition coefficient (Wildman–Crippen LogP) is 3.94. The van der Waals surface area contributed by atoms with E-state index in [0.717, 1.165) is 36.9 Å². The van der Waals surface area contributed by atoms with E-state index in [1.807, 2.05) is 6.08 Å². The summed E-state index contributed by atoms with van der Waals surface area (Å²) in [6.45, 7) is 0. The number of carbonyl (C=O) groups is 2. The first-order valence-electron chi connectivity index (χ1n) is 9.64. The summed E-state index contributed by atoms with van der Waals surface area (Å²) >= 11 is 1.03. The van der Waals surface area contributed by atoms with Gasteiger partial charge in [0.1, 0.15) is 4.88 Å². The SMILES string of the molecule is COC(=O)c1cnc(NC(=O)/C(=C/CC2CCCC2)c2ccc(S(C)(=O)=O)cc2)s1. The molecule has 160 valence electrons. The summed E-state index contributed by atoms with van der Waals surface area (Å²) in [4.78, 5) is 29.2. The Morgan fingerprint density at radius 3 is 2.50 bits per heavy atom. The van der Waals surface area contributed by atoms with Gasteiger partial charge in [-0.25, -0.2) is 18.2 Å². The van der Waals surface area contributed by atoms with Crippen LogP contribution in [0.1, 0.15) is 47.3 Å². The minimum absolute atomic E-state index is 0.199. The molecule has 3 rings (SSSR count). The van der Waals surface area contributed by atoms with Crippen molar-refractivity contribution < 1.29 is 22.7 Å². The lowest BCUT2D eigenvalue weighted by molar-refractivity contribution is -0.111. The fourth-order valence-corrected chi connectivity index (χ4v) is 4.81. The zero-order valence-corrected chi connectivity index (χ0v) is 18.5. The fraction of sp³-hybridized carbons (Fsp3) is 0.381. The zero-order chi connectivity index (χ0) is 21.7. The molecule has 0 atom stereocenters. The monoisotopic (exact) mass is 448 g/mol. The fourth-order valence-electron chi connectivity index (χ4n) is 3.45. The number of carbonyl (C=O) groups excluding carboxylic acids is 2. The van der Waals surface area contributed by atoms with Crippen molar-refractivity contribution in [3.8, 4) is 0 Å². The Morgan fingerprint density at radius 2 is 1.90 bits per heavy atom. The number of allylic oxidation sites excluding steroid dienone is 1. The maximum Gasteiger partial charge on any atom is 0.349 e. The summed E-state index contributed by atoms with van der Waals surface area (Å²) in [6, 6.07) is 6.27. The van der Waals surface area contributed by atoms with E-state index in [0.29, 0.717) is 27.1 Å². The first kappa shape index (κ1) is 22.2. The maximum absolute atomic E-state index is 13.0. The number of nitrogens with one attached hydrogen (secondary N) is 1. The molecule has 1 heterocycles. The molecule has 9 heteroatoms. The van der Waals surface area contributed by atoms with Gasteiger partial charge in [0.05, 0.1) is 18.2 Å². The van der Waals surface area contributed by atoms with Gasteiger partial charge >= 0.3 is 5.97 Å². The highest BCUT2D eigenvalue weighted by molar-refractivity contribution is 7.90. The molecule has 2 aromatic rings.